The molecule has 1 aromatic carbocycles. The lowest BCUT2D eigenvalue weighted by molar-refractivity contribution is -0.122. The summed E-state index contributed by atoms with van der Waals surface area (Å²) in [6.07, 6.45) is 7.22. The number of anilines is 1. The van der Waals surface area contributed by atoms with Gasteiger partial charge in [-0.3, -0.25) is 9.59 Å². The average Bonchev–Trinajstić information content (AvgIpc) is 2.71. The Balaban J connectivity index is 1.76. The maximum absolute atomic E-state index is 12.5. The fourth-order valence-corrected chi connectivity index (χ4v) is 4.88. The number of benzene rings is 1. The molecule has 9 heteroatoms. The van der Waals surface area contributed by atoms with E-state index < -0.39 is 16.1 Å². The highest BCUT2D eigenvalue weighted by atomic mass is 32.2. The normalized spacial score (nSPS) is 16.3. The van der Waals surface area contributed by atoms with Gasteiger partial charge >= 0.3 is 0 Å². The van der Waals surface area contributed by atoms with Crippen LogP contribution < -0.4 is 15.4 Å². The lowest BCUT2D eigenvalue weighted by Crippen LogP contribution is -2.45. The van der Waals surface area contributed by atoms with Crippen LogP contribution in [0.15, 0.2) is 29.2 Å². The third-order valence-electron chi connectivity index (χ3n) is 5.40. The lowest BCUT2D eigenvalue weighted by atomic mass is 9.94. The Labute approximate surface area is 179 Å². The quantitative estimate of drug-likeness (QED) is 0.485. The highest BCUT2D eigenvalue weighted by Gasteiger charge is 2.22. The van der Waals surface area contributed by atoms with Crippen LogP contribution in [-0.2, 0) is 19.6 Å². The number of sulfonamides is 1. The van der Waals surface area contributed by atoms with Crippen molar-refractivity contribution in [2.45, 2.75) is 69.4 Å². The van der Waals surface area contributed by atoms with Crippen LogP contribution in [-0.4, -0.2) is 57.4 Å². The lowest BCUT2D eigenvalue weighted by Gasteiger charge is -2.31. The summed E-state index contributed by atoms with van der Waals surface area (Å²) in [6.45, 7) is 4.31. The Morgan fingerprint density at radius 1 is 1.13 bits per heavy atom. The van der Waals surface area contributed by atoms with Crippen molar-refractivity contribution >= 4 is 27.5 Å². The number of hydrogen-bond donors (Lipinski definition) is 3. The minimum absolute atomic E-state index is 0.0327. The number of nitrogens with zero attached hydrogens (tertiary/aromatic N) is 1. The summed E-state index contributed by atoms with van der Waals surface area (Å²) in [6, 6.07) is 5.53. The van der Waals surface area contributed by atoms with Crippen molar-refractivity contribution in [2.24, 2.45) is 0 Å². The third-order valence-corrected chi connectivity index (χ3v) is 6.95. The maximum atomic E-state index is 12.5. The predicted molar refractivity (Wildman–Crippen MR) is 118 cm³/mol. The molecule has 2 rings (SSSR count). The molecule has 8 nitrogen and oxygen atoms in total. The van der Waals surface area contributed by atoms with E-state index in [1.165, 1.54) is 70.2 Å². The fourth-order valence-electron chi connectivity index (χ4n) is 3.67. The first-order valence-electron chi connectivity index (χ1n) is 10.6. The first kappa shape index (κ1) is 24.3. The molecule has 3 N–H and O–H groups in total. The molecule has 0 radical (unpaired) electrons. The molecule has 0 heterocycles. The summed E-state index contributed by atoms with van der Waals surface area (Å²) < 4.78 is 27.4. The van der Waals surface area contributed by atoms with Gasteiger partial charge in [-0.05, 0) is 64.0 Å². The van der Waals surface area contributed by atoms with Crippen molar-refractivity contribution in [1.82, 2.24) is 14.9 Å². The Morgan fingerprint density at radius 3 is 2.37 bits per heavy atom. The molecule has 1 fully saturated rings. The third kappa shape index (κ3) is 7.70. The molecule has 1 aliphatic rings. The van der Waals surface area contributed by atoms with Gasteiger partial charge in [0.05, 0.1) is 10.9 Å². The standard InChI is InChI=1S/C21H34N4O4S/c1-16(21(27)22-14-7-15-25(3)19-8-5-4-6-9-19)24-30(28,29)20-12-10-18(11-13-20)23-17(2)26/h10-13,16,19,24H,4-9,14-15H2,1-3H3,(H,22,27)(H,23,26)/t16-/m0/s1. The molecule has 168 valence electrons. The molecular weight excluding hydrogens is 404 g/mol. The first-order chi connectivity index (χ1) is 14.2. The SMILES string of the molecule is CC(=O)Nc1ccc(S(=O)(=O)N[C@@H](C)C(=O)NCCCN(C)C2CCCCC2)cc1. The van der Waals surface area contributed by atoms with Gasteiger partial charge < -0.3 is 15.5 Å². The highest BCUT2D eigenvalue weighted by Crippen LogP contribution is 2.21. The molecule has 0 spiro atoms. The summed E-state index contributed by atoms with van der Waals surface area (Å²) in [4.78, 5) is 25.7. The number of hydrogen-bond acceptors (Lipinski definition) is 5. The average molecular weight is 439 g/mol. The molecule has 30 heavy (non-hydrogen) atoms. The van der Waals surface area contributed by atoms with Gasteiger partial charge in [0, 0.05) is 25.2 Å². The van der Waals surface area contributed by atoms with Crippen LogP contribution in [0.25, 0.3) is 0 Å². The minimum Gasteiger partial charge on any atom is -0.355 e. The van der Waals surface area contributed by atoms with Crippen molar-refractivity contribution in [3.8, 4) is 0 Å². The van der Waals surface area contributed by atoms with Crippen LogP contribution in [0.3, 0.4) is 0 Å². The van der Waals surface area contributed by atoms with Gasteiger partial charge in [0.25, 0.3) is 0 Å². The van der Waals surface area contributed by atoms with Crippen LogP contribution >= 0.6 is 0 Å². The number of amides is 2. The zero-order valence-electron chi connectivity index (χ0n) is 18.1. The van der Waals surface area contributed by atoms with E-state index in [1.807, 2.05) is 0 Å². The van der Waals surface area contributed by atoms with Crippen LogP contribution in [0, 0.1) is 0 Å². The second kappa shape index (κ2) is 11.4. The summed E-state index contributed by atoms with van der Waals surface area (Å²) in [5.74, 6) is -0.590. The van der Waals surface area contributed by atoms with E-state index >= 15 is 0 Å². The van der Waals surface area contributed by atoms with Gasteiger partial charge in [-0.15, -0.1) is 0 Å². The van der Waals surface area contributed by atoms with Crippen molar-refractivity contribution in [3.05, 3.63) is 24.3 Å². The van der Waals surface area contributed by atoms with Crippen LogP contribution in [0.1, 0.15) is 52.4 Å². The number of carbonyl (C=O) groups is 2. The number of carbonyl (C=O) groups excluding carboxylic acids is 2. The Kier molecular flexibility index (Phi) is 9.26. The molecule has 0 saturated heterocycles. The molecule has 1 atom stereocenters. The predicted octanol–water partition coefficient (Wildman–Crippen LogP) is 2.08. The first-order valence-corrected chi connectivity index (χ1v) is 12.1. The summed E-state index contributed by atoms with van der Waals surface area (Å²) in [5, 5.41) is 5.38. The van der Waals surface area contributed by atoms with Crippen molar-refractivity contribution in [3.63, 3.8) is 0 Å². The molecule has 2 amide bonds. The summed E-state index contributed by atoms with van der Waals surface area (Å²) >= 11 is 0. The van der Waals surface area contributed by atoms with E-state index in [4.69, 9.17) is 0 Å². The monoisotopic (exact) mass is 438 g/mol. The molecule has 0 bridgehead atoms. The van der Waals surface area contributed by atoms with Crippen molar-refractivity contribution in [1.29, 1.82) is 0 Å². The largest absolute Gasteiger partial charge is 0.355 e. The van der Waals surface area contributed by atoms with E-state index in [2.05, 4.69) is 27.3 Å². The highest BCUT2D eigenvalue weighted by molar-refractivity contribution is 7.89. The van der Waals surface area contributed by atoms with Crippen LogP contribution in [0.5, 0.6) is 0 Å². The minimum atomic E-state index is -3.84. The molecule has 1 aliphatic carbocycles. The summed E-state index contributed by atoms with van der Waals surface area (Å²) in [7, 11) is -1.71. The topological polar surface area (TPSA) is 108 Å². The number of rotatable bonds is 10. The molecule has 1 aromatic rings. The Bertz CT molecular complexity index is 805. The Hall–Kier alpha value is -1.97. The molecule has 0 aliphatic heterocycles. The summed E-state index contributed by atoms with van der Waals surface area (Å²) in [5.41, 5.74) is 0.505. The van der Waals surface area contributed by atoms with Crippen LogP contribution in [0.4, 0.5) is 5.69 Å². The van der Waals surface area contributed by atoms with Crippen LogP contribution in [0.2, 0.25) is 0 Å². The number of nitrogens with one attached hydrogen (secondary N) is 3. The van der Waals surface area contributed by atoms with E-state index in [1.54, 1.807) is 0 Å². The van der Waals surface area contributed by atoms with E-state index in [0.717, 1.165) is 13.0 Å². The van der Waals surface area contributed by atoms with Crippen molar-refractivity contribution < 1.29 is 18.0 Å². The van der Waals surface area contributed by atoms with Gasteiger partial charge in [0.2, 0.25) is 21.8 Å². The van der Waals surface area contributed by atoms with Gasteiger partial charge in [0.1, 0.15) is 0 Å². The maximum Gasteiger partial charge on any atom is 0.241 e. The van der Waals surface area contributed by atoms with Gasteiger partial charge in [-0.25, -0.2) is 8.42 Å². The van der Waals surface area contributed by atoms with E-state index in [0.29, 0.717) is 18.3 Å². The smallest absolute Gasteiger partial charge is 0.241 e. The second-order valence-electron chi connectivity index (χ2n) is 7.97. The fraction of sp³-hybridized carbons (Fsp3) is 0.619. The zero-order chi connectivity index (χ0) is 22.1. The van der Waals surface area contributed by atoms with Gasteiger partial charge in [-0.2, -0.15) is 4.72 Å². The van der Waals surface area contributed by atoms with Crippen molar-refractivity contribution in [2.75, 3.05) is 25.5 Å². The van der Waals surface area contributed by atoms with Gasteiger partial charge in [-0.1, -0.05) is 19.3 Å². The molecule has 0 unspecified atom stereocenters. The van der Waals surface area contributed by atoms with E-state index in [-0.39, 0.29) is 16.7 Å². The van der Waals surface area contributed by atoms with E-state index in [9.17, 15) is 18.0 Å². The molecule has 1 saturated carbocycles. The molecule has 0 aromatic heterocycles. The van der Waals surface area contributed by atoms with Gasteiger partial charge in [0.15, 0.2) is 0 Å². The second-order valence-corrected chi connectivity index (χ2v) is 9.68. The Morgan fingerprint density at radius 2 is 1.77 bits per heavy atom. The zero-order valence-corrected chi connectivity index (χ0v) is 18.9. The molecular formula is C21H34N4O4S.